The molecule has 70 valence electrons. The van der Waals surface area contributed by atoms with Gasteiger partial charge in [0.1, 0.15) is 13.1 Å². The lowest BCUT2D eigenvalue weighted by atomic mass is 10.3. The Morgan fingerprint density at radius 2 is 1.50 bits per heavy atom. The number of rotatable bonds is 8. The maximum atomic E-state index is 9.37. The highest BCUT2D eigenvalue weighted by Gasteiger charge is 2.05. The number of hydrogen-bond acceptors (Lipinski definition) is 1. The third-order valence-corrected chi connectivity index (χ3v) is 1.54. The minimum atomic E-state index is -0.232. The van der Waals surface area contributed by atoms with Gasteiger partial charge >= 0.3 is 0 Å². The molecular formula is C9H20N2O+2. The Morgan fingerprint density at radius 1 is 1.08 bits per heavy atom. The van der Waals surface area contributed by atoms with Crippen molar-refractivity contribution in [1.29, 1.82) is 0 Å². The zero-order valence-electron chi connectivity index (χ0n) is 7.58. The smallest absolute Gasteiger partial charge is 0.151 e. The number of aliphatic hydroxyl groups is 1. The molecule has 5 N–H and O–H groups in total. The Bertz CT molecular complexity index is 112. The molecule has 0 saturated heterocycles. The summed E-state index contributed by atoms with van der Waals surface area (Å²) in [5, 5.41) is 13.5. The predicted octanol–water partition coefficient (Wildman–Crippen LogP) is -2.15. The molecule has 0 aromatic rings. The third-order valence-electron chi connectivity index (χ3n) is 1.54. The molecule has 0 heterocycles. The first-order valence-corrected chi connectivity index (χ1v) is 4.34. The van der Waals surface area contributed by atoms with Gasteiger partial charge in [-0.05, 0) is 12.2 Å². The van der Waals surface area contributed by atoms with Crippen LogP contribution in [-0.2, 0) is 0 Å². The molecule has 0 aliphatic rings. The topological polar surface area (TPSA) is 53.5 Å². The predicted molar refractivity (Wildman–Crippen MR) is 49.7 cm³/mol. The molecule has 0 aromatic carbocycles. The Hall–Kier alpha value is -0.640. The highest BCUT2D eigenvalue weighted by molar-refractivity contribution is 4.62. The van der Waals surface area contributed by atoms with E-state index in [1.165, 1.54) is 0 Å². The van der Waals surface area contributed by atoms with Crippen LogP contribution in [0.3, 0.4) is 0 Å². The minimum Gasteiger partial charge on any atom is -0.382 e. The Kier molecular flexibility index (Phi) is 8.01. The van der Waals surface area contributed by atoms with Crippen LogP contribution in [0.2, 0.25) is 0 Å². The molecule has 0 saturated carbocycles. The van der Waals surface area contributed by atoms with E-state index >= 15 is 0 Å². The van der Waals surface area contributed by atoms with Crippen LogP contribution in [-0.4, -0.2) is 37.4 Å². The van der Waals surface area contributed by atoms with Gasteiger partial charge < -0.3 is 15.7 Å². The van der Waals surface area contributed by atoms with Crippen LogP contribution in [0.1, 0.15) is 0 Å². The average Bonchev–Trinajstić information content (AvgIpc) is 2.06. The molecule has 0 atom stereocenters. The van der Waals surface area contributed by atoms with Crippen molar-refractivity contribution in [1.82, 2.24) is 0 Å². The lowest BCUT2D eigenvalue weighted by molar-refractivity contribution is -0.682. The molecule has 3 heteroatoms. The summed E-state index contributed by atoms with van der Waals surface area (Å²) in [6.07, 6.45) is 3.44. The van der Waals surface area contributed by atoms with Crippen LogP contribution in [0.25, 0.3) is 0 Å². The Labute approximate surface area is 74.2 Å². The second-order valence-corrected chi connectivity index (χ2v) is 2.75. The fraction of sp³-hybridized carbons (Fsp3) is 0.556. The normalized spacial score (nSPS) is 10.2. The van der Waals surface area contributed by atoms with Gasteiger partial charge in [0.15, 0.2) is 6.10 Å². The summed E-state index contributed by atoms with van der Waals surface area (Å²) in [6.45, 7) is 10.4. The summed E-state index contributed by atoms with van der Waals surface area (Å²) in [6, 6.07) is 0. The lowest BCUT2D eigenvalue weighted by Crippen LogP contribution is -2.91. The van der Waals surface area contributed by atoms with Gasteiger partial charge in [0, 0.05) is 0 Å². The molecule has 0 fully saturated rings. The summed E-state index contributed by atoms with van der Waals surface area (Å²) >= 11 is 0. The van der Waals surface area contributed by atoms with Crippen molar-refractivity contribution >= 4 is 0 Å². The molecule has 0 aliphatic heterocycles. The fourth-order valence-electron chi connectivity index (χ4n) is 0.909. The molecule has 3 nitrogen and oxygen atoms in total. The molecule has 0 bridgehead atoms. The number of aliphatic hydroxyl groups excluding tert-OH is 1. The lowest BCUT2D eigenvalue weighted by Gasteiger charge is -2.06. The Morgan fingerprint density at radius 3 is 1.83 bits per heavy atom. The number of hydrogen-bond donors (Lipinski definition) is 3. The highest BCUT2D eigenvalue weighted by atomic mass is 16.3. The van der Waals surface area contributed by atoms with Crippen LogP contribution in [0.4, 0.5) is 0 Å². The van der Waals surface area contributed by atoms with Crippen molar-refractivity contribution in [2.45, 2.75) is 6.10 Å². The third kappa shape index (κ3) is 7.47. The van der Waals surface area contributed by atoms with Crippen molar-refractivity contribution in [3.63, 3.8) is 0 Å². The maximum Gasteiger partial charge on any atom is 0.151 e. The van der Waals surface area contributed by atoms with Crippen LogP contribution >= 0.6 is 0 Å². The molecule has 0 spiro atoms. The van der Waals surface area contributed by atoms with Gasteiger partial charge in [-0.1, -0.05) is 13.2 Å². The SMILES string of the molecule is C=CC[NH2+]CC(O)C[NH2+]CC=C. The van der Waals surface area contributed by atoms with E-state index in [-0.39, 0.29) is 6.10 Å². The van der Waals surface area contributed by atoms with Gasteiger partial charge in [-0.25, -0.2) is 0 Å². The van der Waals surface area contributed by atoms with Gasteiger partial charge in [-0.15, -0.1) is 0 Å². The second kappa shape index (κ2) is 8.46. The van der Waals surface area contributed by atoms with E-state index in [1.54, 1.807) is 0 Å². The van der Waals surface area contributed by atoms with Gasteiger partial charge in [-0.3, -0.25) is 0 Å². The summed E-state index contributed by atoms with van der Waals surface area (Å²) < 4.78 is 0. The van der Waals surface area contributed by atoms with E-state index in [0.29, 0.717) is 0 Å². The summed E-state index contributed by atoms with van der Waals surface area (Å²) in [5.41, 5.74) is 0. The van der Waals surface area contributed by atoms with E-state index in [1.807, 2.05) is 22.8 Å². The number of quaternary nitrogens is 2. The van der Waals surface area contributed by atoms with Crippen LogP contribution < -0.4 is 10.6 Å². The van der Waals surface area contributed by atoms with E-state index in [9.17, 15) is 5.11 Å². The zero-order valence-corrected chi connectivity index (χ0v) is 7.58. The summed E-state index contributed by atoms with van der Waals surface area (Å²) in [7, 11) is 0. The van der Waals surface area contributed by atoms with Crippen LogP contribution in [0.15, 0.2) is 25.3 Å². The zero-order chi connectivity index (χ0) is 9.23. The van der Waals surface area contributed by atoms with Crippen LogP contribution in [0, 0.1) is 0 Å². The molecule has 12 heavy (non-hydrogen) atoms. The molecule has 0 rings (SSSR count). The average molecular weight is 172 g/mol. The summed E-state index contributed by atoms with van der Waals surface area (Å²) in [5.74, 6) is 0. The van der Waals surface area contributed by atoms with Crippen LogP contribution in [0.5, 0.6) is 0 Å². The first-order valence-electron chi connectivity index (χ1n) is 4.34. The monoisotopic (exact) mass is 172 g/mol. The molecule has 0 aromatic heterocycles. The number of nitrogens with two attached hydrogens (primary N) is 2. The van der Waals surface area contributed by atoms with E-state index in [0.717, 1.165) is 26.2 Å². The summed E-state index contributed by atoms with van der Waals surface area (Å²) in [4.78, 5) is 0. The molecule has 0 aliphatic carbocycles. The maximum absolute atomic E-state index is 9.37. The molecule has 0 radical (unpaired) electrons. The molecular weight excluding hydrogens is 152 g/mol. The fourth-order valence-corrected chi connectivity index (χ4v) is 0.909. The molecule has 0 amide bonds. The quantitative estimate of drug-likeness (QED) is 0.284. The van der Waals surface area contributed by atoms with Gasteiger partial charge in [0.25, 0.3) is 0 Å². The van der Waals surface area contributed by atoms with Crippen molar-refractivity contribution < 1.29 is 15.7 Å². The molecule has 0 unspecified atom stereocenters. The second-order valence-electron chi connectivity index (χ2n) is 2.75. The van der Waals surface area contributed by atoms with Gasteiger partial charge in [-0.2, -0.15) is 0 Å². The van der Waals surface area contributed by atoms with E-state index in [4.69, 9.17) is 0 Å². The Balaban J connectivity index is 3.14. The van der Waals surface area contributed by atoms with E-state index in [2.05, 4.69) is 13.2 Å². The van der Waals surface area contributed by atoms with Crippen molar-refractivity contribution in [2.75, 3.05) is 26.2 Å². The first kappa shape index (κ1) is 11.4. The van der Waals surface area contributed by atoms with Gasteiger partial charge in [0.05, 0.1) is 13.1 Å². The first-order chi connectivity index (χ1) is 5.81. The largest absolute Gasteiger partial charge is 0.382 e. The highest BCUT2D eigenvalue weighted by Crippen LogP contribution is 1.66. The van der Waals surface area contributed by atoms with Crippen molar-refractivity contribution in [2.24, 2.45) is 0 Å². The van der Waals surface area contributed by atoms with Crippen molar-refractivity contribution in [3.8, 4) is 0 Å². The minimum absolute atomic E-state index is 0.232. The van der Waals surface area contributed by atoms with Gasteiger partial charge in [0.2, 0.25) is 0 Å². The standard InChI is InChI=1S/C9H18N2O/c1-3-5-10-7-9(12)8-11-6-4-2/h3-4,9-12H,1-2,5-8H2/p+2. The van der Waals surface area contributed by atoms with Crippen molar-refractivity contribution in [3.05, 3.63) is 25.3 Å². The van der Waals surface area contributed by atoms with E-state index < -0.39 is 0 Å².